The fourth-order valence-electron chi connectivity index (χ4n) is 2.56. The number of nitrogens with zero attached hydrogens (tertiary/aromatic N) is 3. The fraction of sp³-hybridized carbons (Fsp3) is 0.250. The highest BCUT2D eigenvalue weighted by molar-refractivity contribution is 6.12. The van der Waals surface area contributed by atoms with Crippen LogP contribution in [0.2, 0.25) is 0 Å². The minimum atomic E-state index is -0.0226. The van der Waals surface area contributed by atoms with Crippen molar-refractivity contribution >= 4 is 27.7 Å². The molecule has 3 heterocycles. The van der Waals surface area contributed by atoms with Crippen molar-refractivity contribution in [2.45, 2.75) is 13.0 Å². The van der Waals surface area contributed by atoms with Gasteiger partial charge < -0.3 is 5.32 Å². The van der Waals surface area contributed by atoms with Gasteiger partial charge >= 0.3 is 0 Å². The number of carbonyl (C=O) groups is 1. The van der Waals surface area contributed by atoms with E-state index >= 15 is 0 Å². The first-order valence-electron chi connectivity index (χ1n) is 5.95. The molecule has 0 radical (unpaired) electrons. The van der Waals surface area contributed by atoms with Crippen LogP contribution in [0.1, 0.15) is 16.9 Å². The zero-order valence-electron chi connectivity index (χ0n) is 9.60. The Balaban J connectivity index is 2.14. The Bertz CT molecular complexity index is 769. The molecule has 0 spiro atoms. The molecule has 1 aliphatic rings. The van der Waals surface area contributed by atoms with Crippen LogP contribution in [0.4, 0.5) is 0 Å². The standard InChI is InChI=1S/C12H11N5O/c18-12-11-7-2-3-9-8(6-14-15-9)10(7)16-17(11)5-1-4-13-12/h2-3,6,16H,1,4-5H2,(H,13,18). The predicted molar refractivity (Wildman–Crippen MR) is 66.3 cm³/mol. The SMILES string of the molecule is O=C1NCCCn2[nH]c3c(ccc4nncc43)c21. The van der Waals surface area contributed by atoms with Gasteiger partial charge in [-0.25, -0.2) is 0 Å². The van der Waals surface area contributed by atoms with E-state index in [4.69, 9.17) is 0 Å². The van der Waals surface area contributed by atoms with E-state index in [1.165, 1.54) is 0 Å². The Kier molecular flexibility index (Phi) is 1.78. The Labute approximate surface area is 102 Å². The van der Waals surface area contributed by atoms with Crippen LogP contribution >= 0.6 is 0 Å². The van der Waals surface area contributed by atoms with Crippen LogP contribution in [-0.2, 0) is 6.54 Å². The van der Waals surface area contributed by atoms with E-state index in [2.05, 4.69) is 20.6 Å². The topological polar surface area (TPSA) is 75.6 Å². The number of H-pyrrole nitrogens is 1. The lowest BCUT2D eigenvalue weighted by Crippen LogP contribution is -2.23. The summed E-state index contributed by atoms with van der Waals surface area (Å²) in [4.78, 5) is 12.1. The smallest absolute Gasteiger partial charge is 0.270 e. The predicted octanol–water partition coefficient (Wildman–Crippen LogP) is 1.05. The molecule has 0 fully saturated rings. The number of carbonyl (C=O) groups excluding carboxylic acids is 1. The number of benzene rings is 1. The van der Waals surface area contributed by atoms with Crippen LogP contribution < -0.4 is 5.32 Å². The molecule has 2 N–H and O–H groups in total. The van der Waals surface area contributed by atoms with Crippen LogP contribution in [0.25, 0.3) is 21.8 Å². The van der Waals surface area contributed by atoms with Crippen molar-refractivity contribution in [3.8, 4) is 0 Å². The highest BCUT2D eigenvalue weighted by Crippen LogP contribution is 2.26. The van der Waals surface area contributed by atoms with Crippen molar-refractivity contribution in [1.29, 1.82) is 0 Å². The van der Waals surface area contributed by atoms with Crippen molar-refractivity contribution in [1.82, 2.24) is 25.3 Å². The van der Waals surface area contributed by atoms with Crippen LogP contribution in [0.15, 0.2) is 18.3 Å². The summed E-state index contributed by atoms with van der Waals surface area (Å²) in [5, 5.41) is 16.0. The third-order valence-corrected chi connectivity index (χ3v) is 3.41. The van der Waals surface area contributed by atoms with Gasteiger partial charge in [0.05, 0.1) is 17.2 Å². The minimum Gasteiger partial charge on any atom is -0.351 e. The number of hydrogen-bond acceptors (Lipinski definition) is 3. The highest BCUT2D eigenvalue weighted by atomic mass is 16.2. The number of amides is 1. The number of aryl methyl sites for hydroxylation is 1. The Morgan fingerprint density at radius 1 is 1.28 bits per heavy atom. The van der Waals surface area contributed by atoms with Crippen molar-refractivity contribution in [2.24, 2.45) is 0 Å². The first-order chi connectivity index (χ1) is 8.84. The largest absolute Gasteiger partial charge is 0.351 e. The molecule has 0 unspecified atom stereocenters. The van der Waals surface area contributed by atoms with Gasteiger partial charge in [-0.2, -0.15) is 10.2 Å². The number of nitrogens with one attached hydrogen (secondary N) is 2. The molecular formula is C12H11N5O. The van der Waals surface area contributed by atoms with Gasteiger partial charge in [0.15, 0.2) is 0 Å². The summed E-state index contributed by atoms with van der Waals surface area (Å²) >= 11 is 0. The second-order valence-corrected chi connectivity index (χ2v) is 4.49. The molecule has 6 heteroatoms. The molecule has 1 aromatic carbocycles. The number of hydrogen-bond donors (Lipinski definition) is 2. The molecule has 6 nitrogen and oxygen atoms in total. The molecule has 18 heavy (non-hydrogen) atoms. The van der Waals surface area contributed by atoms with Gasteiger partial charge in [-0.15, -0.1) is 0 Å². The maximum absolute atomic E-state index is 12.1. The maximum atomic E-state index is 12.1. The quantitative estimate of drug-likeness (QED) is 0.617. The molecule has 4 rings (SSSR count). The van der Waals surface area contributed by atoms with Crippen LogP contribution in [0.5, 0.6) is 0 Å². The molecule has 1 amide bonds. The number of rotatable bonds is 0. The lowest BCUT2D eigenvalue weighted by atomic mass is 10.1. The van der Waals surface area contributed by atoms with Crippen molar-refractivity contribution in [3.05, 3.63) is 24.0 Å². The zero-order valence-corrected chi connectivity index (χ0v) is 9.60. The van der Waals surface area contributed by atoms with E-state index < -0.39 is 0 Å². The fourth-order valence-corrected chi connectivity index (χ4v) is 2.56. The number of aromatic nitrogens is 4. The normalized spacial score (nSPS) is 15.7. The molecule has 2 aromatic heterocycles. The van der Waals surface area contributed by atoms with Gasteiger partial charge in [0.1, 0.15) is 5.69 Å². The Hall–Kier alpha value is -2.37. The molecule has 0 atom stereocenters. The van der Waals surface area contributed by atoms with E-state index in [-0.39, 0.29) is 5.91 Å². The lowest BCUT2D eigenvalue weighted by molar-refractivity contribution is 0.0952. The van der Waals surface area contributed by atoms with Crippen LogP contribution in [-0.4, -0.2) is 32.4 Å². The molecular weight excluding hydrogens is 230 g/mol. The maximum Gasteiger partial charge on any atom is 0.270 e. The molecule has 3 aromatic rings. The molecule has 1 aliphatic heterocycles. The van der Waals surface area contributed by atoms with E-state index in [1.807, 2.05) is 16.8 Å². The summed E-state index contributed by atoms with van der Waals surface area (Å²) < 4.78 is 1.92. The number of fused-ring (bicyclic) bond motifs is 5. The Morgan fingerprint density at radius 3 is 3.17 bits per heavy atom. The molecule has 0 aliphatic carbocycles. The average Bonchev–Trinajstić information content (AvgIpc) is 2.93. The van der Waals surface area contributed by atoms with E-state index in [9.17, 15) is 4.79 Å². The average molecular weight is 241 g/mol. The van der Waals surface area contributed by atoms with Crippen molar-refractivity contribution in [3.63, 3.8) is 0 Å². The highest BCUT2D eigenvalue weighted by Gasteiger charge is 2.20. The summed E-state index contributed by atoms with van der Waals surface area (Å²) in [6.07, 6.45) is 2.66. The van der Waals surface area contributed by atoms with E-state index in [0.29, 0.717) is 5.69 Å². The third kappa shape index (κ3) is 1.14. The Morgan fingerprint density at radius 2 is 2.22 bits per heavy atom. The second kappa shape index (κ2) is 3.32. The number of aromatic amines is 1. The van der Waals surface area contributed by atoms with Gasteiger partial charge in [-0.1, -0.05) is 0 Å². The molecule has 0 bridgehead atoms. The lowest BCUT2D eigenvalue weighted by Gasteiger charge is -2.00. The summed E-state index contributed by atoms with van der Waals surface area (Å²) in [5.41, 5.74) is 2.48. The monoisotopic (exact) mass is 241 g/mol. The molecule has 0 saturated heterocycles. The van der Waals surface area contributed by atoms with E-state index in [1.54, 1.807) is 6.20 Å². The summed E-state index contributed by atoms with van der Waals surface area (Å²) in [7, 11) is 0. The molecule has 90 valence electrons. The third-order valence-electron chi connectivity index (χ3n) is 3.41. The zero-order chi connectivity index (χ0) is 12.1. The van der Waals surface area contributed by atoms with Gasteiger partial charge in [0.25, 0.3) is 5.91 Å². The first kappa shape index (κ1) is 9.64. The van der Waals surface area contributed by atoms with Crippen molar-refractivity contribution in [2.75, 3.05) is 6.54 Å². The van der Waals surface area contributed by atoms with Crippen LogP contribution in [0.3, 0.4) is 0 Å². The summed E-state index contributed by atoms with van der Waals surface area (Å²) in [5.74, 6) is -0.0226. The molecule has 0 saturated carbocycles. The van der Waals surface area contributed by atoms with Gasteiger partial charge in [0.2, 0.25) is 0 Å². The van der Waals surface area contributed by atoms with Gasteiger partial charge in [-0.05, 0) is 18.6 Å². The minimum absolute atomic E-state index is 0.0226. The second-order valence-electron chi connectivity index (χ2n) is 4.49. The van der Waals surface area contributed by atoms with Crippen LogP contribution in [0, 0.1) is 0 Å². The van der Waals surface area contributed by atoms with Crippen molar-refractivity contribution < 1.29 is 4.79 Å². The van der Waals surface area contributed by atoms with Gasteiger partial charge in [-0.3, -0.25) is 14.6 Å². The summed E-state index contributed by atoms with van der Waals surface area (Å²) in [6, 6.07) is 3.83. The summed E-state index contributed by atoms with van der Waals surface area (Å²) in [6.45, 7) is 1.53. The van der Waals surface area contributed by atoms with Gasteiger partial charge in [0, 0.05) is 23.9 Å². The van der Waals surface area contributed by atoms with E-state index in [0.717, 1.165) is 41.3 Å². The first-order valence-corrected chi connectivity index (χ1v) is 5.95.